The van der Waals surface area contributed by atoms with Crippen molar-refractivity contribution in [1.82, 2.24) is 0 Å². The summed E-state index contributed by atoms with van der Waals surface area (Å²) in [6.45, 7) is 4.90. The fourth-order valence-electron chi connectivity index (χ4n) is 2.53. The highest BCUT2D eigenvalue weighted by Gasteiger charge is 2.15. The van der Waals surface area contributed by atoms with E-state index in [-0.39, 0.29) is 0 Å². The third-order valence-electron chi connectivity index (χ3n) is 3.24. The third-order valence-corrected chi connectivity index (χ3v) is 3.24. The molecule has 0 aromatic heterocycles. The highest BCUT2D eigenvalue weighted by molar-refractivity contribution is 5.16. The molecule has 1 heteroatoms. The van der Waals surface area contributed by atoms with E-state index < -0.39 is 0 Å². The van der Waals surface area contributed by atoms with Crippen LogP contribution in [0.15, 0.2) is 11.1 Å². The molecule has 82 valence electrons. The molecule has 0 spiro atoms. The van der Waals surface area contributed by atoms with Gasteiger partial charge in [0.2, 0.25) is 0 Å². The molecule has 1 saturated carbocycles. The minimum Gasteiger partial charge on any atom is -0.396 e. The largest absolute Gasteiger partial charge is 0.396 e. The van der Waals surface area contributed by atoms with Crippen molar-refractivity contribution >= 4 is 0 Å². The van der Waals surface area contributed by atoms with Crippen LogP contribution in [0.4, 0.5) is 0 Å². The van der Waals surface area contributed by atoms with Crippen LogP contribution in [0.1, 0.15) is 58.8 Å². The Labute approximate surface area is 88.2 Å². The maximum Gasteiger partial charge on any atom is 0.0468 e. The fourth-order valence-corrected chi connectivity index (χ4v) is 2.53. The van der Waals surface area contributed by atoms with Gasteiger partial charge in [-0.3, -0.25) is 0 Å². The van der Waals surface area contributed by atoms with Crippen LogP contribution < -0.4 is 0 Å². The lowest BCUT2D eigenvalue weighted by atomic mass is 9.83. The summed E-state index contributed by atoms with van der Waals surface area (Å²) in [4.78, 5) is 0. The van der Waals surface area contributed by atoms with E-state index in [1.807, 2.05) is 0 Å². The van der Waals surface area contributed by atoms with Crippen molar-refractivity contribution in [2.45, 2.75) is 58.8 Å². The molecule has 1 N–H and O–H groups in total. The Balaban J connectivity index is 2.63. The van der Waals surface area contributed by atoms with Crippen LogP contribution in [-0.2, 0) is 0 Å². The van der Waals surface area contributed by atoms with Gasteiger partial charge in [0.15, 0.2) is 0 Å². The predicted octanol–water partition coefficient (Wildman–Crippen LogP) is 3.68. The lowest BCUT2D eigenvalue weighted by Gasteiger charge is -2.24. The van der Waals surface area contributed by atoms with Crippen LogP contribution in [0.25, 0.3) is 0 Å². The van der Waals surface area contributed by atoms with Crippen molar-refractivity contribution in [2.24, 2.45) is 5.92 Å². The second-order valence-electron chi connectivity index (χ2n) is 4.63. The van der Waals surface area contributed by atoms with Crippen LogP contribution in [-0.4, -0.2) is 11.7 Å². The van der Waals surface area contributed by atoms with Crippen molar-refractivity contribution in [2.75, 3.05) is 6.61 Å². The molecule has 0 aliphatic heterocycles. The molecule has 0 aromatic carbocycles. The van der Waals surface area contributed by atoms with Gasteiger partial charge < -0.3 is 5.11 Å². The second kappa shape index (κ2) is 6.23. The van der Waals surface area contributed by atoms with Crippen LogP contribution in [0.3, 0.4) is 0 Å². The van der Waals surface area contributed by atoms with E-state index in [2.05, 4.69) is 13.8 Å². The average molecular weight is 196 g/mol. The SMILES string of the molecule is CCCC(CCO)=C1CCCC(C)C1. The molecule has 0 saturated heterocycles. The van der Waals surface area contributed by atoms with E-state index in [1.165, 1.54) is 38.5 Å². The standard InChI is InChI=1S/C13H24O/c1-3-5-12(8-9-14)13-7-4-6-11(2)10-13/h11,14H,3-10H2,1-2H3. The molecule has 0 radical (unpaired) electrons. The van der Waals surface area contributed by atoms with Crippen LogP contribution in [0.2, 0.25) is 0 Å². The van der Waals surface area contributed by atoms with Crippen LogP contribution in [0.5, 0.6) is 0 Å². The molecular weight excluding hydrogens is 172 g/mol. The average Bonchev–Trinajstić information content (AvgIpc) is 2.17. The Kier molecular flexibility index (Phi) is 5.24. The Morgan fingerprint density at radius 3 is 2.79 bits per heavy atom. The summed E-state index contributed by atoms with van der Waals surface area (Å²) in [6.07, 6.45) is 8.65. The first-order valence-electron chi connectivity index (χ1n) is 6.08. The molecule has 0 amide bonds. The molecule has 1 rings (SSSR count). The zero-order chi connectivity index (χ0) is 10.4. The van der Waals surface area contributed by atoms with Gasteiger partial charge >= 0.3 is 0 Å². The quantitative estimate of drug-likeness (QED) is 0.680. The van der Waals surface area contributed by atoms with Gasteiger partial charge in [-0.15, -0.1) is 0 Å². The van der Waals surface area contributed by atoms with E-state index in [9.17, 15) is 0 Å². The molecular formula is C13H24O. The number of hydrogen-bond acceptors (Lipinski definition) is 1. The summed E-state index contributed by atoms with van der Waals surface area (Å²) in [5.74, 6) is 0.865. The topological polar surface area (TPSA) is 20.2 Å². The molecule has 1 unspecified atom stereocenters. The molecule has 1 aliphatic rings. The number of rotatable bonds is 4. The molecule has 1 fully saturated rings. The van der Waals surface area contributed by atoms with Gasteiger partial charge in [-0.1, -0.05) is 37.8 Å². The van der Waals surface area contributed by atoms with Gasteiger partial charge in [-0.2, -0.15) is 0 Å². The van der Waals surface area contributed by atoms with Gasteiger partial charge in [-0.05, 0) is 38.0 Å². The zero-order valence-corrected chi connectivity index (χ0v) is 9.68. The Hall–Kier alpha value is -0.300. The van der Waals surface area contributed by atoms with Crippen molar-refractivity contribution in [3.8, 4) is 0 Å². The number of hydrogen-bond donors (Lipinski definition) is 1. The molecule has 14 heavy (non-hydrogen) atoms. The zero-order valence-electron chi connectivity index (χ0n) is 9.68. The monoisotopic (exact) mass is 196 g/mol. The molecule has 0 aromatic rings. The van der Waals surface area contributed by atoms with E-state index in [4.69, 9.17) is 5.11 Å². The van der Waals surface area contributed by atoms with Crippen molar-refractivity contribution in [3.05, 3.63) is 11.1 Å². The molecule has 1 nitrogen and oxygen atoms in total. The molecule has 1 aliphatic carbocycles. The normalized spacial score (nSPS) is 26.4. The first kappa shape index (κ1) is 11.8. The Bertz CT molecular complexity index is 180. The van der Waals surface area contributed by atoms with E-state index >= 15 is 0 Å². The first-order valence-corrected chi connectivity index (χ1v) is 6.08. The summed E-state index contributed by atoms with van der Waals surface area (Å²) < 4.78 is 0. The van der Waals surface area contributed by atoms with E-state index in [0.717, 1.165) is 12.3 Å². The number of allylic oxidation sites excluding steroid dienone is 1. The lowest BCUT2D eigenvalue weighted by molar-refractivity contribution is 0.296. The number of aliphatic hydroxyl groups excluding tert-OH is 1. The van der Waals surface area contributed by atoms with Gasteiger partial charge in [-0.25, -0.2) is 0 Å². The highest BCUT2D eigenvalue weighted by Crippen LogP contribution is 2.32. The molecule has 0 heterocycles. The summed E-state index contributed by atoms with van der Waals surface area (Å²) in [5.41, 5.74) is 3.22. The van der Waals surface area contributed by atoms with Gasteiger partial charge in [0.25, 0.3) is 0 Å². The first-order chi connectivity index (χ1) is 6.77. The molecule has 0 bridgehead atoms. The lowest BCUT2D eigenvalue weighted by Crippen LogP contribution is -2.07. The maximum absolute atomic E-state index is 9.03. The van der Waals surface area contributed by atoms with Crippen LogP contribution in [0, 0.1) is 5.92 Å². The summed E-state index contributed by atoms with van der Waals surface area (Å²) in [6, 6.07) is 0. The smallest absolute Gasteiger partial charge is 0.0468 e. The Morgan fingerprint density at radius 1 is 1.43 bits per heavy atom. The van der Waals surface area contributed by atoms with Gasteiger partial charge in [0.05, 0.1) is 0 Å². The number of aliphatic hydroxyl groups is 1. The fraction of sp³-hybridized carbons (Fsp3) is 0.846. The van der Waals surface area contributed by atoms with E-state index in [0.29, 0.717) is 6.61 Å². The van der Waals surface area contributed by atoms with Gasteiger partial charge in [0.1, 0.15) is 0 Å². The molecule has 1 atom stereocenters. The summed E-state index contributed by atoms with van der Waals surface area (Å²) in [7, 11) is 0. The summed E-state index contributed by atoms with van der Waals surface area (Å²) >= 11 is 0. The van der Waals surface area contributed by atoms with Crippen molar-refractivity contribution in [1.29, 1.82) is 0 Å². The minimum absolute atomic E-state index is 0.327. The van der Waals surface area contributed by atoms with Gasteiger partial charge in [0, 0.05) is 6.61 Å². The predicted molar refractivity (Wildman–Crippen MR) is 61.3 cm³/mol. The highest BCUT2D eigenvalue weighted by atomic mass is 16.2. The maximum atomic E-state index is 9.03. The van der Waals surface area contributed by atoms with E-state index in [1.54, 1.807) is 11.1 Å². The van der Waals surface area contributed by atoms with Crippen molar-refractivity contribution in [3.63, 3.8) is 0 Å². The third kappa shape index (κ3) is 3.45. The minimum atomic E-state index is 0.327. The Morgan fingerprint density at radius 2 is 2.21 bits per heavy atom. The van der Waals surface area contributed by atoms with Crippen LogP contribution >= 0.6 is 0 Å². The summed E-state index contributed by atoms with van der Waals surface area (Å²) in [5, 5.41) is 9.03. The van der Waals surface area contributed by atoms with Crippen molar-refractivity contribution < 1.29 is 5.11 Å². The second-order valence-corrected chi connectivity index (χ2v) is 4.63.